The molecule has 1 rings (SSSR count). The van der Waals surface area contributed by atoms with Crippen LogP contribution >= 0.6 is 11.6 Å². The monoisotopic (exact) mass is 226 g/mol. The van der Waals surface area contributed by atoms with E-state index in [0.29, 0.717) is 5.88 Å². The molecular formula is C12H19ClN2. The van der Waals surface area contributed by atoms with Gasteiger partial charge in [-0.3, -0.25) is 4.98 Å². The first kappa shape index (κ1) is 12.5. The highest BCUT2D eigenvalue weighted by Crippen LogP contribution is 2.12. The van der Waals surface area contributed by atoms with E-state index in [-0.39, 0.29) is 5.54 Å². The molecule has 0 saturated carbocycles. The van der Waals surface area contributed by atoms with Crippen molar-refractivity contribution in [2.24, 2.45) is 0 Å². The second-order valence-electron chi connectivity index (χ2n) is 4.27. The lowest BCUT2D eigenvalue weighted by Gasteiger charge is -2.27. The van der Waals surface area contributed by atoms with E-state index in [1.165, 1.54) is 11.1 Å². The predicted molar refractivity (Wildman–Crippen MR) is 65.2 cm³/mol. The van der Waals surface area contributed by atoms with Gasteiger partial charge in [0.05, 0.1) is 0 Å². The van der Waals surface area contributed by atoms with Crippen molar-refractivity contribution in [1.29, 1.82) is 0 Å². The van der Waals surface area contributed by atoms with Gasteiger partial charge in [-0.25, -0.2) is 0 Å². The van der Waals surface area contributed by atoms with Crippen molar-refractivity contribution in [3.63, 3.8) is 0 Å². The fourth-order valence-electron chi connectivity index (χ4n) is 1.30. The van der Waals surface area contributed by atoms with Crippen molar-refractivity contribution >= 4 is 11.6 Å². The summed E-state index contributed by atoms with van der Waals surface area (Å²) in [6.45, 7) is 7.16. The van der Waals surface area contributed by atoms with Crippen molar-refractivity contribution < 1.29 is 0 Å². The molecule has 0 spiro atoms. The fraction of sp³-hybridized carbons (Fsp3) is 0.583. The van der Waals surface area contributed by atoms with Crippen molar-refractivity contribution in [1.82, 2.24) is 10.3 Å². The van der Waals surface area contributed by atoms with Gasteiger partial charge in [0.25, 0.3) is 0 Å². The van der Waals surface area contributed by atoms with Crippen molar-refractivity contribution in [3.8, 4) is 0 Å². The Morgan fingerprint density at radius 3 is 2.73 bits per heavy atom. The number of hydrogen-bond acceptors (Lipinski definition) is 2. The average Bonchev–Trinajstić information content (AvgIpc) is 2.26. The molecule has 3 heteroatoms. The molecule has 0 radical (unpaired) electrons. The molecule has 0 fully saturated rings. The zero-order valence-electron chi connectivity index (χ0n) is 9.68. The first-order valence-corrected chi connectivity index (χ1v) is 5.84. The van der Waals surface area contributed by atoms with Crippen molar-refractivity contribution in [2.45, 2.75) is 39.3 Å². The van der Waals surface area contributed by atoms with Crippen LogP contribution in [-0.2, 0) is 6.54 Å². The van der Waals surface area contributed by atoms with E-state index in [9.17, 15) is 0 Å². The highest BCUT2D eigenvalue weighted by atomic mass is 35.5. The van der Waals surface area contributed by atoms with Gasteiger partial charge in [0.15, 0.2) is 0 Å². The van der Waals surface area contributed by atoms with Crippen molar-refractivity contribution in [2.75, 3.05) is 5.88 Å². The molecule has 1 aromatic rings. The number of aromatic nitrogens is 1. The third kappa shape index (κ3) is 3.80. The Balaban J connectivity index is 2.56. The summed E-state index contributed by atoms with van der Waals surface area (Å²) in [4.78, 5) is 4.16. The smallest absolute Gasteiger partial charge is 0.0403 e. The lowest BCUT2D eigenvalue weighted by atomic mass is 10.0. The van der Waals surface area contributed by atoms with Crippen LogP contribution in [0.25, 0.3) is 0 Å². The van der Waals surface area contributed by atoms with Crippen LogP contribution in [0.3, 0.4) is 0 Å². The molecule has 2 nitrogen and oxygen atoms in total. The highest BCUT2D eigenvalue weighted by Gasteiger charge is 2.19. The number of alkyl halides is 1. The van der Waals surface area contributed by atoms with Gasteiger partial charge in [-0.15, -0.1) is 11.6 Å². The molecule has 0 aromatic carbocycles. The van der Waals surface area contributed by atoms with E-state index in [1.54, 1.807) is 0 Å². The molecule has 1 heterocycles. The van der Waals surface area contributed by atoms with E-state index in [1.807, 2.05) is 12.4 Å². The summed E-state index contributed by atoms with van der Waals surface area (Å²) in [5.74, 6) is 0.628. The lowest BCUT2D eigenvalue weighted by Crippen LogP contribution is -2.42. The summed E-state index contributed by atoms with van der Waals surface area (Å²) in [5.41, 5.74) is 2.42. The second kappa shape index (κ2) is 5.47. The Kier molecular flexibility index (Phi) is 4.55. The number of halogens is 1. The largest absolute Gasteiger partial charge is 0.306 e. The summed E-state index contributed by atoms with van der Waals surface area (Å²) in [7, 11) is 0. The molecule has 0 aliphatic heterocycles. The first-order chi connectivity index (χ1) is 7.09. The van der Waals surface area contributed by atoms with Gasteiger partial charge < -0.3 is 5.32 Å². The van der Waals surface area contributed by atoms with Gasteiger partial charge in [-0.1, -0.05) is 13.0 Å². The minimum Gasteiger partial charge on any atom is -0.306 e. The molecule has 0 bridgehead atoms. The quantitative estimate of drug-likeness (QED) is 0.781. The lowest BCUT2D eigenvalue weighted by molar-refractivity contribution is 0.379. The number of rotatable bonds is 5. The normalized spacial score (nSPS) is 14.9. The minimum atomic E-state index is 0.0191. The van der Waals surface area contributed by atoms with Crippen LogP contribution in [0, 0.1) is 6.92 Å². The van der Waals surface area contributed by atoms with E-state index < -0.39 is 0 Å². The second-order valence-corrected chi connectivity index (χ2v) is 4.54. The van der Waals surface area contributed by atoms with E-state index in [2.05, 4.69) is 37.1 Å². The molecule has 1 atom stereocenters. The van der Waals surface area contributed by atoms with Crippen LogP contribution in [0.4, 0.5) is 0 Å². The summed E-state index contributed by atoms with van der Waals surface area (Å²) in [6.07, 6.45) is 4.78. The van der Waals surface area contributed by atoms with Crippen LogP contribution < -0.4 is 5.32 Å². The van der Waals surface area contributed by atoms with Gasteiger partial charge in [0, 0.05) is 30.4 Å². The van der Waals surface area contributed by atoms with Crippen LogP contribution in [0.15, 0.2) is 18.5 Å². The molecule has 0 amide bonds. The van der Waals surface area contributed by atoms with E-state index >= 15 is 0 Å². The maximum Gasteiger partial charge on any atom is 0.0403 e. The van der Waals surface area contributed by atoms with E-state index in [0.717, 1.165) is 13.0 Å². The molecule has 1 aromatic heterocycles. The molecule has 0 aliphatic rings. The molecule has 0 saturated heterocycles. The topological polar surface area (TPSA) is 24.9 Å². The predicted octanol–water partition coefficient (Wildman–Crippen LogP) is 2.89. The zero-order valence-corrected chi connectivity index (χ0v) is 10.4. The number of hydrogen-bond donors (Lipinski definition) is 1. The SMILES string of the molecule is CCC(C)(CCl)NCc1cncc(C)c1. The van der Waals surface area contributed by atoms with Crippen LogP contribution in [0.1, 0.15) is 31.4 Å². The molecule has 1 unspecified atom stereocenters. The third-order valence-electron chi connectivity index (χ3n) is 2.73. The number of pyridine rings is 1. The summed E-state index contributed by atoms with van der Waals surface area (Å²) in [5, 5.41) is 3.47. The average molecular weight is 227 g/mol. The summed E-state index contributed by atoms with van der Waals surface area (Å²) < 4.78 is 0. The van der Waals surface area contributed by atoms with E-state index in [4.69, 9.17) is 11.6 Å². The van der Waals surface area contributed by atoms with Gasteiger partial charge >= 0.3 is 0 Å². The number of nitrogens with zero attached hydrogens (tertiary/aromatic N) is 1. The first-order valence-electron chi connectivity index (χ1n) is 5.31. The summed E-state index contributed by atoms with van der Waals surface area (Å²) in [6, 6.07) is 2.14. The maximum absolute atomic E-state index is 5.93. The maximum atomic E-state index is 5.93. The molecule has 15 heavy (non-hydrogen) atoms. The Hall–Kier alpha value is -0.600. The molecule has 84 valence electrons. The summed E-state index contributed by atoms with van der Waals surface area (Å²) >= 11 is 5.93. The molecular weight excluding hydrogens is 208 g/mol. The zero-order chi connectivity index (χ0) is 11.3. The van der Waals surface area contributed by atoms with Gasteiger partial charge in [-0.05, 0) is 31.4 Å². The van der Waals surface area contributed by atoms with Crippen LogP contribution in [0.5, 0.6) is 0 Å². The minimum absolute atomic E-state index is 0.0191. The van der Waals surface area contributed by atoms with Crippen molar-refractivity contribution in [3.05, 3.63) is 29.6 Å². The Morgan fingerprint density at radius 2 is 2.20 bits per heavy atom. The van der Waals surface area contributed by atoms with Crippen LogP contribution in [-0.4, -0.2) is 16.4 Å². The van der Waals surface area contributed by atoms with Gasteiger partial charge in [0.1, 0.15) is 0 Å². The van der Waals surface area contributed by atoms with Gasteiger partial charge in [-0.2, -0.15) is 0 Å². The third-order valence-corrected chi connectivity index (χ3v) is 3.32. The highest BCUT2D eigenvalue weighted by molar-refractivity contribution is 6.18. The Morgan fingerprint density at radius 1 is 1.47 bits per heavy atom. The fourth-order valence-corrected chi connectivity index (χ4v) is 1.58. The number of aryl methyl sites for hydroxylation is 1. The Labute approximate surface area is 97.1 Å². The Bertz CT molecular complexity index is 308. The molecule has 1 N–H and O–H groups in total. The molecule has 0 aliphatic carbocycles. The van der Waals surface area contributed by atoms with Gasteiger partial charge in [0.2, 0.25) is 0 Å². The van der Waals surface area contributed by atoms with Crippen LogP contribution in [0.2, 0.25) is 0 Å². The number of nitrogens with one attached hydrogen (secondary N) is 1. The standard InChI is InChI=1S/C12H19ClN2/c1-4-12(3,9-13)15-8-11-5-10(2)6-14-7-11/h5-7,15H,4,8-9H2,1-3H3.